The summed E-state index contributed by atoms with van der Waals surface area (Å²) in [5.41, 5.74) is 0.337. The van der Waals surface area contributed by atoms with Gasteiger partial charge in [-0.2, -0.15) is 0 Å². The first-order valence-corrected chi connectivity index (χ1v) is 6.20. The lowest BCUT2D eigenvalue weighted by Crippen LogP contribution is -2.35. The van der Waals surface area contributed by atoms with Gasteiger partial charge in [0, 0.05) is 23.3 Å². The van der Waals surface area contributed by atoms with E-state index in [0.29, 0.717) is 18.4 Å². The molecule has 2 saturated heterocycles. The van der Waals surface area contributed by atoms with Crippen LogP contribution in [0.2, 0.25) is 0 Å². The van der Waals surface area contributed by atoms with E-state index in [-0.39, 0.29) is 5.97 Å². The SMILES string of the molecule is O=C1CCC2(CO1)CSSC2. The first-order chi connectivity index (χ1) is 5.31. The van der Waals surface area contributed by atoms with Crippen LogP contribution in [0.5, 0.6) is 0 Å². The molecule has 62 valence electrons. The summed E-state index contributed by atoms with van der Waals surface area (Å²) >= 11 is 0. The van der Waals surface area contributed by atoms with Crippen molar-refractivity contribution in [3.8, 4) is 0 Å². The fourth-order valence-electron chi connectivity index (χ4n) is 1.35. The molecule has 2 aliphatic heterocycles. The number of carbonyl (C=O) groups excluding carboxylic acids is 1. The van der Waals surface area contributed by atoms with Gasteiger partial charge < -0.3 is 4.74 Å². The summed E-state index contributed by atoms with van der Waals surface area (Å²) in [4.78, 5) is 10.8. The van der Waals surface area contributed by atoms with Crippen LogP contribution in [0.3, 0.4) is 0 Å². The fourth-order valence-corrected chi connectivity index (χ4v) is 4.80. The van der Waals surface area contributed by atoms with Crippen molar-refractivity contribution in [2.24, 2.45) is 5.41 Å². The lowest BCUT2D eigenvalue weighted by molar-refractivity contribution is -0.152. The molecule has 0 aromatic rings. The molecule has 2 heterocycles. The van der Waals surface area contributed by atoms with Crippen LogP contribution < -0.4 is 0 Å². The highest BCUT2D eigenvalue weighted by molar-refractivity contribution is 8.77. The second-order valence-electron chi connectivity index (χ2n) is 3.19. The predicted molar refractivity (Wildman–Crippen MR) is 47.5 cm³/mol. The van der Waals surface area contributed by atoms with Gasteiger partial charge in [0.1, 0.15) is 0 Å². The van der Waals surface area contributed by atoms with E-state index in [2.05, 4.69) is 0 Å². The number of ether oxygens (including phenoxy) is 1. The monoisotopic (exact) mass is 190 g/mol. The molecule has 0 bridgehead atoms. The smallest absolute Gasteiger partial charge is 0.305 e. The molecule has 1 spiro atoms. The zero-order valence-electron chi connectivity index (χ0n) is 6.17. The molecule has 2 fully saturated rings. The number of rotatable bonds is 0. The molecule has 0 N–H and O–H groups in total. The molecule has 2 nitrogen and oxygen atoms in total. The van der Waals surface area contributed by atoms with E-state index in [0.717, 1.165) is 17.9 Å². The van der Waals surface area contributed by atoms with Crippen LogP contribution in [-0.4, -0.2) is 24.1 Å². The first-order valence-electron chi connectivity index (χ1n) is 3.71. The molecule has 0 aliphatic carbocycles. The lowest BCUT2D eigenvalue weighted by Gasteiger charge is -2.30. The van der Waals surface area contributed by atoms with E-state index in [1.54, 1.807) is 0 Å². The minimum atomic E-state index is -0.0162. The van der Waals surface area contributed by atoms with Gasteiger partial charge in [-0.1, -0.05) is 21.6 Å². The van der Waals surface area contributed by atoms with Crippen LogP contribution in [0, 0.1) is 5.41 Å². The number of esters is 1. The largest absolute Gasteiger partial charge is 0.465 e. The van der Waals surface area contributed by atoms with Crippen molar-refractivity contribution in [1.82, 2.24) is 0 Å². The lowest BCUT2D eigenvalue weighted by atomic mass is 9.86. The van der Waals surface area contributed by atoms with E-state index < -0.39 is 0 Å². The Morgan fingerprint density at radius 1 is 1.36 bits per heavy atom. The Morgan fingerprint density at radius 2 is 2.09 bits per heavy atom. The average molecular weight is 190 g/mol. The molecule has 0 unspecified atom stereocenters. The highest BCUT2D eigenvalue weighted by atomic mass is 33.1. The van der Waals surface area contributed by atoms with Crippen LogP contribution in [0.25, 0.3) is 0 Å². The Balaban J connectivity index is 1.99. The van der Waals surface area contributed by atoms with Gasteiger partial charge in [-0.05, 0) is 6.42 Å². The maximum absolute atomic E-state index is 10.8. The summed E-state index contributed by atoms with van der Waals surface area (Å²) in [6.07, 6.45) is 1.66. The van der Waals surface area contributed by atoms with Crippen molar-refractivity contribution < 1.29 is 9.53 Å². The van der Waals surface area contributed by atoms with Gasteiger partial charge in [0.2, 0.25) is 0 Å². The Labute approximate surface area is 73.8 Å². The predicted octanol–water partition coefficient (Wildman–Crippen LogP) is 1.70. The third kappa shape index (κ3) is 1.51. The molecule has 11 heavy (non-hydrogen) atoms. The number of carbonyl (C=O) groups is 1. The molecule has 0 atom stereocenters. The molecular formula is C7H10O2S2. The van der Waals surface area contributed by atoms with Crippen LogP contribution in [0.1, 0.15) is 12.8 Å². The molecular weight excluding hydrogens is 180 g/mol. The molecule has 0 radical (unpaired) electrons. The summed E-state index contributed by atoms with van der Waals surface area (Å²) in [5, 5.41) is 0. The molecule has 0 saturated carbocycles. The minimum absolute atomic E-state index is 0.0162. The zero-order valence-corrected chi connectivity index (χ0v) is 7.80. The maximum atomic E-state index is 10.8. The summed E-state index contributed by atoms with van der Waals surface area (Å²) < 4.78 is 5.05. The van der Waals surface area contributed by atoms with Crippen LogP contribution in [0.15, 0.2) is 0 Å². The summed E-state index contributed by atoms with van der Waals surface area (Å²) in [5.74, 6) is 2.30. The minimum Gasteiger partial charge on any atom is -0.465 e. The Morgan fingerprint density at radius 3 is 2.64 bits per heavy atom. The van der Waals surface area contributed by atoms with Gasteiger partial charge in [0.15, 0.2) is 0 Å². The van der Waals surface area contributed by atoms with Gasteiger partial charge >= 0.3 is 5.97 Å². The van der Waals surface area contributed by atoms with Crippen LogP contribution in [0.4, 0.5) is 0 Å². The topological polar surface area (TPSA) is 26.3 Å². The summed E-state index contributed by atoms with van der Waals surface area (Å²) in [6.45, 7) is 0.659. The van der Waals surface area contributed by atoms with Gasteiger partial charge in [-0.15, -0.1) is 0 Å². The third-order valence-corrected chi connectivity index (χ3v) is 5.05. The average Bonchev–Trinajstić information content (AvgIpc) is 2.45. The third-order valence-electron chi connectivity index (χ3n) is 2.21. The van der Waals surface area contributed by atoms with Gasteiger partial charge in [0.05, 0.1) is 6.61 Å². The Hall–Kier alpha value is 0.170. The van der Waals surface area contributed by atoms with Gasteiger partial charge in [-0.3, -0.25) is 4.79 Å². The molecule has 2 aliphatic rings. The molecule has 0 aromatic carbocycles. The van der Waals surface area contributed by atoms with E-state index in [4.69, 9.17) is 4.74 Å². The Bertz CT molecular complexity index is 163. The molecule has 2 rings (SSSR count). The van der Waals surface area contributed by atoms with Crippen molar-refractivity contribution in [1.29, 1.82) is 0 Å². The first kappa shape index (κ1) is 7.80. The van der Waals surface area contributed by atoms with Gasteiger partial charge in [-0.25, -0.2) is 0 Å². The standard InChI is InChI=1S/C7H10O2S2/c8-6-1-2-7(3-9-6)4-10-11-5-7/h1-5H2. The molecule has 0 aromatic heterocycles. The zero-order chi connectivity index (χ0) is 7.73. The van der Waals surface area contributed by atoms with Crippen molar-refractivity contribution in [2.45, 2.75) is 12.8 Å². The number of hydrogen-bond acceptors (Lipinski definition) is 4. The van der Waals surface area contributed by atoms with Crippen molar-refractivity contribution in [3.63, 3.8) is 0 Å². The summed E-state index contributed by atoms with van der Waals surface area (Å²) in [7, 11) is 3.81. The number of cyclic esters (lactones) is 1. The second kappa shape index (κ2) is 2.90. The van der Waals surface area contributed by atoms with E-state index in [1.165, 1.54) is 0 Å². The molecule has 4 heteroatoms. The highest BCUT2D eigenvalue weighted by Gasteiger charge is 2.39. The molecule has 0 amide bonds. The van der Waals surface area contributed by atoms with Crippen molar-refractivity contribution in [2.75, 3.05) is 18.1 Å². The van der Waals surface area contributed by atoms with E-state index >= 15 is 0 Å². The maximum Gasteiger partial charge on any atom is 0.305 e. The van der Waals surface area contributed by atoms with E-state index in [1.807, 2.05) is 21.6 Å². The van der Waals surface area contributed by atoms with Crippen LogP contribution in [-0.2, 0) is 9.53 Å². The Kier molecular flexibility index (Phi) is 2.06. The van der Waals surface area contributed by atoms with Crippen molar-refractivity contribution >= 4 is 27.6 Å². The second-order valence-corrected chi connectivity index (χ2v) is 5.65. The normalized spacial score (nSPS) is 28.9. The fraction of sp³-hybridized carbons (Fsp3) is 0.857. The highest BCUT2D eigenvalue weighted by Crippen LogP contribution is 2.47. The van der Waals surface area contributed by atoms with Crippen molar-refractivity contribution in [3.05, 3.63) is 0 Å². The van der Waals surface area contributed by atoms with E-state index in [9.17, 15) is 4.79 Å². The quantitative estimate of drug-likeness (QED) is 0.429. The number of hydrogen-bond donors (Lipinski definition) is 0. The summed E-state index contributed by atoms with van der Waals surface area (Å²) in [6, 6.07) is 0. The van der Waals surface area contributed by atoms with Gasteiger partial charge in [0.25, 0.3) is 0 Å². The van der Waals surface area contributed by atoms with Crippen LogP contribution >= 0.6 is 21.6 Å².